The molecule has 0 N–H and O–H groups in total. The number of hydrogen-bond donors (Lipinski definition) is 0. The molecule has 3 aromatic rings. The number of rotatable bonds is 7. The van der Waals surface area contributed by atoms with Crippen LogP contribution in [0.3, 0.4) is 0 Å². The molecule has 0 saturated carbocycles. The lowest BCUT2D eigenvalue weighted by Gasteiger charge is -2.31. The lowest BCUT2D eigenvalue weighted by Crippen LogP contribution is -2.29. The van der Waals surface area contributed by atoms with E-state index in [9.17, 15) is 0 Å². The monoisotopic (exact) mass is 406 g/mol. The molecule has 0 fully saturated rings. The lowest BCUT2D eigenvalue weighted by atomic mass is 10.0. The van der Waals surface area contributed by atoms with E-state index in [-0.39, 0.29) is 6.04 Å². The van der Waals surface area contributed by atoms with E-state index in [1.807, 2.05) is 13.0 Å². The van der Waals surface area contributed by atoms with E-state index in [4.69, 9.17) is 14.2 Å². The van der Waals surface area contributed by atoms with Crippen LogP contribution in [-0.2, 0) is 13.1 Å². The molecule has 2 aromatic carbocycles. The number of aryl methyl sites for hydroxylation is 1. The molecule has 1 aromatic heterocycles. The van der Waals surface area contributed by atoms with Gasteiger partial charge in [0.1, 0.15) is 5.75 Å². The topological polar surface area (TPSA) is 35.9 Å². The standard InChI is InChI=1S/C25H30N2O3/c1-4-30-21-11-9-20(10-12-21)25-22-7-5-14-26(22)15-6-16-27(25)18-19-8-13-23(28-2)24(17-19)29-3/h5,7-14,17,25H,4,6,15-16,18H2,1-3H3. The van der Waals surface area contributed by atoms with Crippen molar-refractivity contribution >= 4 is 0 Å². The Morgan fingerprint density at radius 3 is 2.47 bits per heavy atom. The van der Waals surface area contributed by atoms with Crippen molar-refractivity contribution in [3.8, 4) is 17.2 Å². The van der Waals surface area contributed by atoms with Gasteiger partial charge in [-0.05, 0) is 60.9 Å². The summed E-state index contributed by atoms with van der Waals surface area (Å²) >= 11 is 0. The first-order valence-corrected chi connectivity index (χ1v) is 10.6. The van der Waals surface area contributed by atoms with Crippen LogP contribution >= 0.6 is 0 Å². The number of hydrogen-bond acceptors (Lipinski definition) is 4. The SMILES string of the molecule is CCOc1ccc(C2c3cccn3CCCN2Cc2ccc(OC)c(OC)c2)cc1. The Labute approximate surface area is 178 Å². The number of methoxy groups -OCH3 is 2. The summed E-state index contributed by atoms with van der Waals surface area (Å²) < 4.78 is 19.0. The van der Waals surface area contributed by atoms with Crippen molar-refractivity contribution in [3.63, 3.8) is 0 Å². The molecule has 0 amide bonds. The van der Waals surface area contributed by atoms with Crippen molar-refractivity contribution in [2.75, 3.05) is 27.4 Å². The van der Waals surface area contributed by atoms with E-state index in [0.717, 1.165) is 43.3 Å². The summed E-state index contributed by atoms with van der Waals surface area (Å²) in [4.78, 5) is 2.55. The second-order valence-corrected chi connectivity index (χ2v) is 7.54. The first-order chi connectivity index (χ1) is 14.7. The largest absolute Gasteiger partial charge is 0.494 e. The zero-order valence-corrected chi connectivity index (χ0v) is 18.0. The molecule has 0 saturated heterocycles. The minimum Gasteiger partial charge on any atom is -0.494 e. The van der Waals surface area contributed by atoms with Crippen LogP contribution in [0.25, 0.3) is 0 Å². The van der Waals surface area contributed by atoms with Crippen LogP contribution in [0.5, 0.6) is 17.2 Å². The quantitative estimate of drug-likeness (QED) is 0.559. The first-order valence-electron chi connectivity index (χ1n) is 10.6. The fraction of sp³-hybridized carbons (Fsp3) is 0.360. The molecule has 30 heavy (non-hydrogen) atoms. The zero-order valence-electron chi connectivity index (χ0n) is 18.0. The van der Waals surface area contributed by atoms with Gasteiger partial charge < -0.3 is 18.8 Å². The van der Waals surface area contributed by atoms with Gasteiger partial charge in [0.05, 0.1) is 26.9 Å². The maximum atomic E-state index is 5.65. The molecule has 1 atom stereocenters. The number of ether oxygens (including phenoxy) is 3. The van der Waals surface area contributed by atoms with Gasteiger partial charge in [0, 0.05) is 31.5 Å². The molecule has 1 aliphatic heterocycles. The van der Waals surface area contributed by atoms with Crippen LogP contribution in [0.2, 0.25) is 0 Å². The second kappa shape index (κ2) is 9.26. The minimum absolute atomic E-state index is 0.186. The van der Waals surface area contributed by atoms with E-state index in [1.54, 1.807) is 14.2 Å². The third kappa shape index (κ3) is 4.17. The third-order valence-electron chi connectivity index (χ3n) is 5.69. The molecule has 0 radical (unpaired) electrons. The highest BCUT2D eigenvalue weighted by Crippen LogP contribution is 2.35. The molecular formula is C25H30N2O3. The Kier molecular flexibility index (Phi) is 6.29. The highest BCUT2D eigenvalue weighted by Gasteiger charge is 2.27. The van der Waals surface area contributed by atoms with Crippen LogP contribution in [0, 0.1) is 0 Å². The van der Waals surface area contributed by atoms with Crippen molar-refractivity contribution in [3.05, 3.63) is 77.6 Å². The van der Waals surface area contributed by atoms with Crippen molar-refractivity contribution in [2.24, 2.45) is 0 Å². The summed E-state index contributed by atoms with van der Waals surface area (Å²) in [7, 11) is 3.35. The summed E-state index contributed by atoms with van der Waals surface area (Å²) in [5.41, 5.74) is 3.82. The van der Waals surface area contributed by atoms with Crippen LogP contribution in [0.1, 0.15) is 36.2 Å². The average Bonchev–Trinajstić information content (AvgIpc) is 3.16. The molecule has 1 unspecified atom stereocenters. The molecular weight excluding hydrogens is 376 g/mol. The number of nitrogens with zero attached hydrogens (tertiary/aromatic N) is 2. The maximum Gasteiger partial charge on any atom is 0.161 e. The summed E-state index contributed by atoms with van der Waals surface area (Å²) in [5, 5.41) is 0. The average molecular weight is 407 g/mol. The van der Waals surface area contributed by atoms with Crippen molar-refractivity contribution in [1.82, 2.24) is 9.47 Å². The normalized spacial score (nSPS) is 16.6. The van der Waals surface area contributed by atoms with Crippen molar-refractivity contribution in [2.45, 2.75) is 32.5 Å². The van der Waals surface area contributed by atoms with E-state index in [0.29, 0.717) is 6.61 Å². The first kappa shape index (κ1) is 20.4. The fourth-order valence-electron chi connectivity index (χ4n) is 4.32. The lowest BCUT2D eigenvalue weighted by molar-refractivity contribution is 0.220. The van der Waals surface area contributed by atoms with Gasteiger partial charge in [-0.25, -0.2) is 0 Å². The summed E-state index contributed by atoms with van der Waals surface area (Å²) in [6.07, 6.45) is 3.30. The Bertz CT molecular complexity index is 965. The van der Waals surface area contributed by atoms with Crippen molar-refractivity contribution < 1.29 is 14.2 Å². The van der Waals surface area contributed by atoms with Gasteiger partial charge in [0.2, 0.25) is 0 Å². The number of aromatic nitrogens is 1. The van der Waals surface area contributed by atoms with Crippen LogP contribution in [0.4, 0.5) is 0 Å². The smallest absolute Gasteiger partial charge is 0.161 e. The second-order valence-electron chi connectivity index (χ2n) is 7.54. The molecule has 1 aliphatic rings. The molecule has 0 bridgehead atoms. The van der Waals surface area contributed by atoms with E-state index < -0.39 is 0 Å². The van der Waals surface area contributed by atoms with Gasteiger partial charge >= 0.3 is 0 Å². The highest BCUT2D eigenvalue weighted by molar-refractivity contribution is 5.43. The Balaban J connectivity index is 1.68. The minimum atomic E-state index is 0.186. The molecule has 0 aliphatic carbocycles. The summed E-state index contributed by atoms with van der Waals surface area (Å²) in [6.45, 7) is 5.59. The molecule has 158 valence electrons. The van der Waals surface area contributed by atoms with Gasteiger partial charge in [-0.1, -0.05) is 18.2 Å². The van der Waals surface area contributed by atoms with Gasteiger partial charge in [-0.2, -0.15) is 0 Å². The van der Waals surface area contributed by atoms with Crippen LogP contribution < -0.4 is 14.2 Å². The van der Waals surface area contributed by atoms with E-state index in [2.05, 4.69) is 64.2 Å². The summed E-state index contributed by atoms with van der Waals surface area (Å²) in [6, 6.07) is 19.3. The van der Waals surface area contributed by atoms with Crippen LogP contribution in [0.15, 0.2) is 60.8 Å². The van der Waals surface area contributed by atoms with Gasteiger partial charge in [-0.3, -0.25) is 4.90 Å². The highest BCUT2D eigenvalue weighted by atomic mass is 16.5. The zero-order chi connectivity index (χ0) is 20.9. The van der Waals surface area contributed by atoms with Gasteiger partial charge in [0.25, 0.3) is 0 Å². The predicted molar refractivity (Wildman–Crippen MR) is 118 cm³/mol. The van der Waals surface area contributed by atoms with Crippen molar-refractivity contribution in [1.29, 1.82) is 0 Å². The molecule has 5 nitrogen and oxygen atoms in total. The predicted octanol–water partition coefficient (Wildman–Crippen LogP) is 4.90. The number of benzene rings is 2. The maximum absolute atomic E-state index is 5.65. The van der Waals surface area contributed by atoms with E-state index >= 15 is 0 Å². The molecule has 5 heteroatoms. The Morgan fingerprint density at radius 1 is 0.933 bits per heavy atom. The third-order valence-corrected chi connectivity index (χ3v) is 5.69. The summed E-state index contributed by atoms with van der Waals surface area (Å²) in [5.74, 6) is 2.44. The molecule has 4 rings (SSSR count). The number of fused-ring (bicyclic) bond motifs is 1. The van der Waals surface area contributed by atoms with Gasteiger partial charge in [0.15, 0.2) is 11.5 Å². The van der Waals surface area contributed by atoms with Gasteiger partial charge in [-0.15, -0.1) is 0 Å². The van der Waals surface area contributed by atoms with E-state index in [1.165, 1.54) is 16.8 Å². The molecule has 0 spiro atoms. The molecule has 2 heterocycles. The Hall–Kier alpha value is -2.92. The Morgan fingerprint density at radius 2 is 1.73 bits per heavy atom. The van der Waals surface area contributed by atoms with Crippen LogP contribution in [-0.4, -0.2) is 36.8 Å². The fourth-order valence-corrected chi connectivity index (χ4v) is 4.32.